The fourth-order valence-corrected chi connectivity index (χ4v) is 2.43. The Morgan fingerprint density at radius 2 is 1.67 bits per heavy atom. The van der Waals surface area contributed by atoms with E-state index in [2.05, 4.69) is 15.0 Å². The van der Waals surface area contributed by atoms with Gasteiger partial charge in [-0.2, -0.15) is 0 Å². The number of anilines is 1. The molecule has 0 bridgehead atoms. The number of methoxy groups -OCH3 is 1. The van der Waals surface area contributed by atoms with Gasteiger partial charge >= 0.3 is 5.97 Å². The van der Waals surface area contributed by atoms with Gasteiger partial charge in [-0.05, 0) is 48.9 Å². The van der Waals surface area contributed by atoms with E-state index in [4.69, 9.17) is 4.74 Å². The van der Waals surface area contributed by atoms with Gasteiger partial charge in [-0.1, -0.05) is 30.3 Å². The molecule has 1 aromatic heterocycles. The molecule has 2 aromatic carbocycles. The molecule has 0 aliphatic heterocycles. The first-order chi connectivity index (χ1) is 13.1. The Hall–Kier alpha value is -3.67. The van der Waals surface area contributed by atoms with Crippen molar-refractivity contribution in [3.05, 3.63) is 83.7 Å². The summed E-state index contributed by atoms with van der Waals surface area (Å²) in [7, 11) is 1.26. The van der Waals surface area contributed by atoms with E-state index in [1.165, 1.54) is 19.2 Å². The van der Waals surface area contributed by atoms with Crippen LogP contribution in [0.4, 0.5) is 5.69 Å². The van der Waals surface area contributed by atoms with Crippen LogP contribution >= 0.6 is 0 Å². The number of pyridine rings is 1. The van der Waals surface area contributed by atoms with Crippen LogP contribution in [0, 0.1) is 6.92 Å². The van der Waals surface area contributed by atoms with Crippen molar-refractivity contribution in [3.63, 3.8) is 0 Å². The van der Waals surface area contributed by atoms with Crippen molar-refractivity contribution in [2.45, 2.75) is 6.92 Å². The molecule has 3 aromatic rings. The van der Waals surface area contributed by atoms with E-state index in [0.717, 1.165) is 5.56 Å². The number of hydrogen-bond donors (Lipinski definition) is 1. The highest BCUT2D eigenvalue weighted by Gasteiger charge is 2.14. The topological polar surface area (TPSA) is 77.5 Å². The molecular weight excluding hydrogens is 344 g/mol. The second kappa shape index (κ2) is 8.14. The van der Waals surface area contributed by atoms with Crippen molar-refractivity contribution in [2.75, 3.05) is 12.4 Å². The molecule has 0 aliphatic rings. The van der Waals surface area contributed by atoms with Crippen LogP contribution in [0.5, 0.6) is 11.5 Å². The molecule has 1 N–H and O–H groups in total. The van der Waals surface area contributed by atoms with Gasteiger partial charge in [0.2, 0.25) is 0 Å². The Labute approximate surface area is 156 Å². The molecule has 0 saturated carbocycles. The number of aromatic nitrogens is 1. The standard InChI is InChI=1S/C21H18N2O4/c1-14-7-5-8-15(13-14)27-19-12-4-3-9-16(19)23-20(24)17-10-6-11-18(22-17)21(25)26-2/h3-13H,1-2H3,(H,23,24). The Bertz CT molecular complexity index is 985. The second-order valence-corrected chi connectivity index (χ2v) is 5.77. The van der Waals surface area contributed by atoms with Crippen LogP contribution in [0.2, 0.25) is 0 Å². The van der Waals surface area contributed by atoms with Crippen LogP contribution in [0.25, 0.3) is 0 Å². The Morgan fingerprint density at radius 1 is 0.926 bits per heavy atom. The maximum absolute atomic E-state index is 12.6. The van der Waals surface area contributed by atoms with E-state index in [0.29, 0.717) is 17.2 Å². The number of aryl methyl sites for hydroxylation is 1. The SMILES string of the molecule is COC(=O)c1cccc(C(=O)Nc2ccccc2Oc2cccc(C)c2)n1. The number of hydrogen-bond acceptors (Lipinski definition) is 5. The summed E-state index contributed by atoms with van der Waals surface area (Å²) in [5.74, 6) is 0.108. The number of benzene rings is 2. The molecule has 3 rings (SSSR count). The second-order valence-electron chi connectivity index (χ2n) is 5.77. The van der Waals surface area contributed by atoms with E-state index < -0.39 is 11.9 Å². The van der Waals surface area contributed by atoms with Gasteiger partial charge in [-0.25, -0.2) is 9.78 Å². The van der Waals surface area contributed by atoms with E-state index in [1.54, 1.807) is 24.3 Å². The molecule has 0 spiro atoms. The molecule has 0 atom stereocenters. The number of ether oxygens (including phenoxy) is 2. The minimum atomic E-state index is -0.604. The van der Waals surface area contributed by atoms with Crippen molar-refractivity contribution >= 4 is 17.6 Å². The molecular formula is C21H18N2O4. The third-order valence-corrected chi connectivity index (χ3v) is 3.73. The molecule has 0 unspecified atom stereocenters. The summed E-state index contributed by atoms with van der Waals surface area (Å²) in [6, 6.07) is 19.3. The van der Waals surface area contributed by atoms with Crippen molar-refractivity contribution in [2.24, 2.45) is 0 Å². The number of esters is 1. The van der Waals surface area contributed by atoms with Gasteiger partial charge in [0.25, 0.3) is 5.91 Å². The third-order valence-electron chi connectivity index (χ3n) is 3.73. The van der Waals surface area contributed by atoms with Crippen molar-refractivity contribution in [3.8, 4) is 11.5 Å². The van der Waals surface area contributed by atoms with E-state index in [9.17, 15) is 9.59 Å². The lowest BCUT2D eigenvalue weighted by molar-refractivity contribution is 0.0594. The molecule has 0 saturated heterocycles. The van der Waals surface area contributed by atoms with Gasteiger partial charge in [0.05, 0.1) is 12.8 Å². The van der Waals surface area contributed by atoms with Crippen LogP contribution < -0.4 is 10.1 Å². The number of rotatable bonds is 5. The van der Waals surface area contributed by atoms with Gasteiger partial charge in [-0.15, -0.1) is 0 Å². The van der Waals surface area contributed by atoms with E-state index in [-0.39, 0.29) is 11.4 Å². The number of carbonyl (C=O) groups is 2. The molecule has 0 radical (unpaired) electrons. The van der Waals surface area contributed by atoms with Gasteiger partial charge < -0.3 is 14.8 Å². The van der Waals surface area contributed by atoms with Crippen molar-refractivity contribution < 1.29 is 19.1 Å². The van der Waals surface area contributed by atoms with E-state index >= 15 is 0 Å². The molecule has 1 heterocycles. The van der Waals surface area contributed by atoms with Crippen LogP contribution in [0.3, 0.4) is 0 Å². The summed E-state index contributed by atoms with van der Waals surface area (Å²) in [6.45, 7) is 1.97. The molecule has 136 valence electrons. The Balaban J connectivity index is 1.82. The number of para-hydroxylation sites is 2. The average Bonchev–Trinajstić information content (AvgIpc) is 2.69. The zero-order valence-corrected chi connectivity index (χ0v) is 14.9. The Morgan fingerprint density at radius 3 is 2.44 bits per heavy atom. The summed E-state index contributed by atoms with van der Waals surface area (Å²) in [5, 5.41) is 2.77. The molecule has 6 heteroatoms. The first-order valence-electron chi connectivity index (χ1n) is 8.27. The lowest BCUT2D eigenvalue weighted by Crippen LogP contribution is -2.16. The summed E-state index contributed by atoms with van der Waals surface area (Å²) in [5.41, 5.74) is 1.73. The highest BCUT2D eigenvalue weighted by atomic mass is 16.5. The largest absolute Gasteiger partial charge is 0.464 e. The van der Waals surface area contributed by atoms with Gasteiger partial charge in [0.15, 0.2) is 5.75 Å². The summed E-state index contributed by atoms with van der Waals surface area (Å²) >= 11 is 0. The zero-order valence-electron chi connectivity index (χ0n) is 14.9. The molecule has 6 nitrogen and oxygen atoms in total. The quantitative estimate of drug-likeness (QED) is 0.688. The summed E-state index contributed by atoms with van der Waals surface area (Å²) in [6.07, 6.45) is 0. The van der Waals surface area contributed by atoms with Crippen LogP contribution in [-0.4, -0.2) is 24.0 Å². The smallest absolute Gasteiger partial charge is 0.356 e. The monoisotopic (exact) mass is 362 g/mol. The predicted molar refractivity (Wildman–Crippen MR) is 101 cm³/mol. The number of carbonyl (C=O) groups excluding carboxylic acids is 2. The van der Waals surface area contributed by atoms with Crippen LogP contribution in [0.15, 0.2) is 66.7 Å². The third kappa shape index (κ3) is 4.49. The molecule has 1 amide bonds. The fourth-order valence-electron chi connectivity index (χ4n) is 2.43. The maximum atomic E-state index is 12.6. The lowest BCUT2D eigenvalue weighted by atomic mass is 10.2. The van der Waals surface area contributed by atoms with Crippen LogP contribution in [-0.2, 0) is 4.74 Å². The number of nitrogens with one attached hydrogen (secondary N) is 1. The number of amides is 1. The molecule has 0 fully saturated rings. The predicted octanol–water partition coefficient (Wildman–Crippen LogP) is 4.22. The van der Waals surface area contributed by atoms with Crippen LogP contribution in [0.1, 0.15) is 26.5 Å². The number of nitrogens with zero attached hydrogens (tertiary/aromatic N) is 1. The maximum Gasteiger partial charge on any atom is 0.356 e. The molecule has 27 heavy (non-hydrogen) atoms. The Kier molecular flexibility index (Phi) is 5.47. The average molecular weight is 362 g/mol. The normalized spacial score (nSPS) is 10.1. The molecule has 0 aliphatic carbocycles. The van der Waals surface area contributed by atoms with E-state index in [1.807, 2.05) is 37.3 Å². The summed E-state index contributed by atoms with van der Waals surface area (Å²) in [4.78, 5) is 28.2. The van der Waals surface area contributed by atoms with Gasteiger partial charge in [-0.3, -0.25) is 4.79 Å². The highest BCUT2D eigenvalue weighted by Crippen LogP contribution is 2.29. The highest BCUT2D eigenvalue weighted by molar-refractivity contribution is 6.04. The fraction of sp³-hybridized carbons (Fsp3) is 0.0952. The minimum Gasteiger partial charge on any atom is -0.464 e. The van der Waals surface area contributed by atoms with Gasteiger partial charge in [0, 0.05) is 0 Å². The first kappa shape index (κ1) is 18.1. The van der Waals surface area contributed by atoms with Gasteiger partial charge in [0.1, 0.15) is 17.1 Å². The lowest BCUT2D eigenvalue weighted by Gasteiger charge is -2.12. The minimum absolute atomic E-state index is 0.0643. The zero-order chi connectivity index (χ0) is 19.2. The van der Waals surface area contributed by atoms with Crippen molar-refractivity contribution in [1.29, 1.82) is 0 Å². The summed E-state index contributed by atoms with van der Waals surface area (Å²) < 4.78 is 10.5. The first-order valence-corrected chi connectivity index (χ1v) is 8.27. The van der Waals surface area contributed by atoms with Crippen molar-refractivity contribution in [1.82, 2.24) is 4.98 Å².